The summed E-state index contributed by atoms with van der Waals surface area (Å²) in [5.74, 6) is 0. The maximum absolute atomic E-state index is 12.2. The first-order valence-electron chi connectivity index (χ1n) is 5.04. The number of aromatic nitrogens is 2. The molecule has 2 aromatic rings. The average molecular weight is 274 g/mol. The maximum atomic E-state index is 12.2. The zero-order valence-electron chi connectivity index (χ0n) is 9.91. The van der Waals surface area contributed by atoms with Gasteiger partial charge in [0.1, 0.15) is 7.37 Å². The van der Waals surface area contributed by atoms with Gasteiger partial charge in [0.15, 0.2) is 5.57 Å². The molecule has 1 unspecified atom stereocenters. The van der Waals surface area contributed by atoms with Crippen LogP contribution in [-0.2, 0) is 11.1 Å². The molecule has 1 aromatic heterocycles. The summed E-state index contributed by atoms with van der Waals surface area (Å²) in [6.45, 7) is 2.48. The standard InChI is InChI=1S/C11H13N2O2P.K/c1-2-13-9-8-12-11(13)16(14,15)10-6-4-3-5-7-10;/h3-9H,2H2,1H3,(H,14,15);/q;+1/p-1. The van der Waals surface area contributed by atoms with Crippen LogP contribution in [0.5, 0.6) is 0 Å². The van der Waals surface area contributed by atoms with Crippen LogP contribution in [0.1, 0.15) is 6.92 Å². The van der Waals surface area contributed by atoms with Crippen molar-refractivity contribution in [2.24, 2.45) is 0 Å². The van der Waals surface area contributed by atoms with Crippen molar-refractivity contribution in [1.29, 1.82) is 0 Å². The fourth-order valence-corrected chi connectivity index (χ4v) is 3.11. The minimum atomic E-state index is -3.80. The van der Waals surface area contributed by atoms with E-state index in [-0.39, 0.29) is 57.0 Å². The molecule has 4 nitrogen and oxygen atoms in total. The molecule has 1 aromatic carbocycles. The van der Waals surface area contributed by atoms with Crippen molar-refractivity contribution in [2.45, 2.75) is 13.5 Å². The van der Waals surface area contributed by atoms with E-state index in [4.69, 9.17) is 0 Å². The third-order valence-corrected chi connectivity index (χ3v) is 4.27. The van der Waals surface area contributed by atoms with Crippen molar-refractivity contribution in [3.05, 3.63) is 42.7 Å². The Morgan fingerprint density at radius 1 is 1.35 bits per heavy atom. The molecular formula is C11H12KN2O2P. The fraction of sp³-hybridized carbons (Fsp3) is 0.182. The Labute approximate surface area is 143 Å². The van der Waals surface area contributed by atoms with Crippen LogP contribution < -0.4 is 67.1 Å². The van der Waals surface area contributed by atoms with Crippen molar-refractivity contribution < 1.29 is 60.8 Å². The van der Waals surface area contributed by atoms with Gasteiger partial charge in [-0.15, -0.1) is 0 Å². The molecule has 0 aliphatic carbocycles. The molecule has 17 heavy (non-hydrogen) atoms. The third-order valence-electron chi connectivity index (χ3n) is 2.39. The first-order chi connectivity index (χ1) is 7.66. The molecule has 84 valence electrons. The summed E-state index contributed by atoms with van der Waals surface area (Å²) < 4.78 is 13.8. The summed E-state index contributed by atoms with van der Waals surface area (Å²) in [4.78, 5) is 16.1. The Morgan fingerprint density at radius 3 is 2.59 bits per heavy atom. The van der Waals surface area contributed by atoms with Crippen LogP contribution in [0.15, 0.2) is 42.7 Å². The molecule has 1 atom stereocenters. The summed E-state index contributed by atoms with van der Waals surface area (Å²) in [6.07, 6.45) is 3.18. The Balaban J connectivity index is 0.00000144. The average Bonchev–Trinajstić information content (AvgIpc) is 2.79. The van der Waals surface area contributed by atoms with E-state index < -0.39 is 7.37 Å². The molecule has 0 N–H and O–H groups in total. The van der Waals surface area contributed by atoms with Crippen molar-refractivity contribution in [2.75, 3.05) is 0 Å². The molecular weight excluding hydrogens is 262 g/mol. The van der Waals surface area contributed by atoms with Gasteiger partial charge in [-0.25, -0.2) is 4.98 Å². The molecule has 0 saturated heterocycles. The second kappa shape index (κ2) is 6.43. The van der Waals surface area contributed by atoms with Gasteiger partial charge in [-0.2, -0.15) is 0 Å². The molecule has 0 spiro atoms. The van der Waals surface area contributed by atoms with E-state index in [9.17, 15) is 9.46 Å². The Kier molecular flexibility index (Phi) is 5.79. The number of rotatable bonds is 3. The maximum Gasteiger partial charge on any atom is 1.00 e. The SMILES string of the molecule is CCn1ccnc1P(=O)([O-])c1ccccc1.[K+]. The summed E-state index contributed by atoms with van der Waals surface area (Å²) >= 11 is 0. The Morgan fingerprint density at radius 2 is 2.00 bits per heavy atom. The molecule has 0 aliphatic heterocycles. The molecule has 6 heteroatoms. The van der Waals surface area contributed by atoms with Crippen LogP contribution in [0, 0.1) is 0 Å². The number of nitrogens with zero attached hydrogens (tertiary/aromatic N) is 2. The number of aryl methyl sites for hydroxylation is 1. The van der Waals surface area contributed by atoms with E-state index in [0.29, 0.717) is 11.8 Å². The molecule has 0 radical (unpaired) electrons. The minimum absolute atomic E-state index is 0. The van der Waals surface area contributed by atoms with Crippen LogP contribution in [0.4, 0.5) is 0 Å². The van der Waals surface area contributed by atoms with Crippen molar-refractivity contribution >= 4 is 18.2 Å². The Bertz CT molecular complexity index is 527. The summed E-state index contributed by atoms with van der Waals surface area (Å²) in [5, 5.41) is 0.302. The topological polar surface area (TPSA) is 58.0 Å². The zero-order valence-corrected chi connectivity index (χ0v) is 13.9. The van der Waals surface area contributed by atoms with Crippen LogP contribution in [0.2, 0.25) is 0 Å². The summed E-state index contributed by atoms with van der Waals surface area (Å²) in [7, 11) is -3.80. The molecule has 1 heterocycles. The van der Waals surface area contributed by atoms with Crippen molar-refractivity contribution in [1.82, 2.24) is 9.55 Å². The van der Waals surface area contributed by atoms with Gasteiger partial charge in [-0.3, -0.25) is 0 Å². The molecule has 0 amide bonds. The molecule has 0 bridgehead atoms. The predicted octanol–water partition coefficient (Wildman–Crippen LogP) is -2.50. The second-order valence-electron chi connectivity index (χ2n) is 3.40. The van der Waals surface area contributed by atoms with Gasteiger partial charge in [0.2, 0.25) is 0 Å². The van der Waals surface area contributed by atoms with E-state index in [1.807, 2.05) is 6.92 Å². The van der Waals surface area contributed by atoms with Crippen LogP contribution >= 0.6 is 7.37 Å². The van der Waals surface area contributed by atoms with Gasteiger partial charge in [0.25, 0.3) is 0 Å². The van der Waals surface area contributed by atoms with Gasteiger partial charge in [-0.1, -0.05) is 30.3 Å². The van der Waals surface area contributed by atoms with Crippen LogP contribution in [0.25, 0.3) is 0 Å². The van der Waals surface area contributed by atoms with Crippen molar-refractivity contribution in [3.63, 3.8) is 0 Å². The third kappa shape index (κ3) is 3.18. The second-order valence-corrected chi connectivity index (χ2v) is 5.42. The van der Waals surface area contributed by atoms with E-state index in [0.717, 1.165) is 0 Å². The van der Waals surface area contributed by atoms with Gasteiger partial charge in [-0.05, 0) is 6.92 Å². The smallest absolute Gasteiger partial charge is 0.790 e. The normalized spacial score (nSPS) is 13.8. The van der Waals surface area contributed by atoms with Crippen LogP contribution in [-0.4, -0.2) is 9.55 Å². The van der Waals surface area contributed by atoms with E-state index in [1.165, 1.54) is 6.20 Å². The quantitative estimate of drug-likeness (QED) is 0.459. The number of hydrogen-bond donors (Lipinski definition) is 0. The molecule has 0 aliphatic rings. The molecule has 2 rings (SSSR count). The monoisotopic (exact) mass is 274 g/mol. The zero-order chi connectivity index (χ0) is 11.6. The number of hydrogen-bond acceptors (Lipinski definition) is 3. The predicted molar refractivity (Wildman–Crippen MR) is 61.2 cm³/mol. The number of imidazole rings is 1. The number of benzene rings is 1. The summed E-state index contributed by atoms with van der Waals surface area (Å²) in [5.41, 5.74) is 0.126. The first kappa shape index (κ1) is 15.3. The first-order valence-corrected chi connectivity index (χ1v) is 6.67. The van der Waals surface area contributed by atoms with E-state index >= 15 is 0 Å². The van der Waals surface area contributed by atoms with Gasteiger partial charge in [0.05, 0.1) is 0 Å². The van der Waals surface area contributed by atoms with Crippen LogP contribution in [0.3, 0.4) is 0 Å². The van der Waals surface area contributed by atoms with Gasteiger partial charge >= 0.3 is 51.4 Å². The Hall–Kier alpha value is 0.256. The van der Waals surface area contributed by atoms with Gasteiger partial charge in [0, 0.05) is 24.2 Å². The molecule has 0 saturated carbocycles. The van der Waals surface area contributed by atoms with E-state index in [2.05, 4.69) is 4.98 Å². The van der Waals surface area contributed by atoms with Crippen molar-refractivity contribution in [3.8, 4) is 0 Å². The fourth-order valence-electron chi connectivity index (χ4n) is 1.55. The van der Waals surface area contributed by atoms with E-state index in [1.54, 1.807) is 41.1 Å². The summed E-state index contributed by atoms with van der Waals surface area (Å²) in [6, 6.07) is 8.37. The van der Waals surface area contributed by atoms with Gasteiger partial charge < -0.3 is 14.0 Å². The largest absolute Gasteiger partial charge is 1.00 e. The minimum Gasteiger partial charge on any atom is -0.790 e. The molecule has 0 fully saturated rings.